The fourth-order valence-electron chi connectivity index (χ4n) is 2.19. The van der Waals surface area contributed by atoms with Gasteiger partial charge in [0.25, 0.3) is 0 Å². The maximum absolute atomic E-state index is 12.7. The van der Waals surface area contributed by atoms with Crippen LogP contribution < -0.4 is 11.3 Å². The molecule has 1 aromatic carbocycles. The SMILES string of the molecule is CC(Cc1cn2oc(=O)c(=O)oc2n1)Sc1cccc(C(F)(F)F)c1. The molecule has 0 amide bonds. The van der Waals surface area contributed by atoms with E-state index in [1.807, 2.05) is 6.92 Å². The van der Waals surface area contributed by atoms with E-state index in [0.29, 0.717) is 17.0 Å². The lowest BCUT2D eigenvalue weighted by atomic mass is 10.2. The highest BCUT2D eigenvalue weighted by Gasteiger charge is 2.30. The van der Waals surface area contributed by atoms with Gasteiger partial charge in [-0.05, 0) is 18.2 Å². The Morgan fingerprint density at radius 3 is 2.76 bits per heavy atom. The summed E-state index contributed by atoms with van der Waals surface area (Å²) >= 11 is 1.25. The Bertz CT molecular complexity index is 975. The summed E-state index contributed by atoms with van der Waals surface area (Å²) in [7, 11) is 0. The van der Waals surface area contributed by atoms with Crippen LogP contribution in [0.1, 0.15) is 18.2 Å². The molecule has 0 aliphatic heterocycles. The van der Waals surface area contributed by atoms with Crippen molar-refractivity contribution >= 4 is 17.6 Å². The summed E-state index contributed by atoms with van der Waals surface area (Å²) in [5, 5.41) is -0.119. The molecule has 2 heterocycles. The first-order chi connectivity index (χ1) is 11.7. The minimum absolute atomic E-state index is 0.119. The molecule has 0 N–H and O–H groups in total. The topological polar surface area (TPSA) is 77.7 Å². The largest absolute Gasteiger partial charge is 0.442 e. The molecule has 0 spiro atoms. The van der Waals surface area contributed by atoms with Crippen LogP contribution in [0.4, 0.5) is 13.2 Å². The van der Waals surface area contributed by atoms with Crippen LogP contribution in [0.25, 0.3) is 5.84 Å². The van der Waals surface area contributed by atoms with Gasteiger partial charge in [0.05, 0.1) is 17.5 Å². The Morgan fingerprint density at radius 2 is 2.04 bits per heavy atom. The van der Waals surface area contributed by atoms with Crippen molar-refractivity contribution in [2.24, 2.45) is 0 Å². The molecule has 6 nitrogen and oxygen atoms in total. The van der Waals surface area contributed by atoms with E-state index in [4.69, 9.17) is 0 Å². The minimum atomic E-state index is -4.39. The Morgan fingerprint density at radius 1 is 1.28 bits per heavy atom. The van der Waals surface area contributed by atoms with E-state index in [-0.39, 0.29) is 11.1 Å². The number of fused-ring (bicyclic) bond motifs is 1. The van der Waals surface area contributed by atoms with Crippen LogP contribution in [0, 0.1) is 0 Å². The first kappa shape index (κ1) is 17.3. The predicted octanol–water partition coefficient (Wildman–Crippen LogP) is 2.98. The Labute approximate surface area is 142 Å². The van der Waals surface area contributed by atoms with Crippen molar-refractivity contribution < 1.29 is 22.1 Å². The summed E-state index contributed by atoms with van der Waals surface area (Å²) < 4.78 is 48.5. The van der Waals surface area contributed by atoms with Crippen molar-refractivity contribution in [3.05, 3.63) is 62.6 Å². The molecule has 0 aliphatic carbocycles. The van der Waals surface area contributed by atoms with Crippen molar-refractivity contribution in [2.45, 2.75) is 29.7 Å². The lowest BCUT2D eigenvalue weighted by Gasteiger charge is -2.12. The van der Waals surface area contributed by atoms with Crippen LogP contribution in [-0.4, -0.2) is 14.8 Å². The Hall–Kier alpha value is -2.49. The van der Waals surface area contributed by atoms with Crippen LogP contribution >= 0.6 is 11.8 Å². The molecule has 0 fully saturated rings. The standard InChI is InChI=1S/C15H11F3N2O4S/c1-8(25-11-4-2-3-9(6-11)15(16,17)18)5-10-7-20-14(19-10)23-12(21)13(22)24-20/h2-4,6-8H,5H2,1H3. The number of hydrogen-bond acceptors (Lipinski definition) is 6. The smallest absolute Gasteiger partial charge is 0.381 e. The molecule has 0 saturated carbocycles. The van der Waals surface area contributed by atoms with Gasteiger partial charge in [0.2, 0.25) is 0 Å². The number of alkyl halides is 3. The molecule has 0 saturated heterocycles. The van der Waals surface area contributed by atoms with Crippen LogP contribution in [0.3, 0.4) is 0 Å². The third-order valence-corrected chi connectivity index (χ3v) is 4.32. The van der Waals surface area contributed by atoms with Gasteiger partial charge in [0, 0.05) is 16.6 Å². The number of benzene rings is 1. The van der Waals surface area contributed by atoms with Crippen LogP contribution in [0.15, 0.2) is 53.9 Å². The van der Waals surface area contributed by atoms with Gasteiger partial charge in [-0.25, -0.2) is 9.59 Å². The molecule has 1 atom stereocenters. The number of thioether (sulfide) groups is 1. The van der Waals surface area contributed by atoms with Crippen molar-refractivity contribution in [3.63, 3.8) is 0 Å². The number of aromatic nitrogens is 2. The van der Waals surface area contributed by atoms with E-state index in [9.17, 15) is 22.8 Å². The van der Waals surface area contributed by atoms with Gasteiger partial charge in [-0.2, -0.15) is 18.2 Å². The number of imidazole rings is 1. The van der Waals surface area contributed by atoms with E-state index in [0.717, 1.165) is 16.7 Å². The molecule has 1 unspecified atom stereocenters. The van der Waals surface area contributed by atoms with Crippen LogP contribution in [0.2, 0.25) is 0 Å². The van der Waals surface area contributed by atoms with Crippen molar-refractivity contribution in [1.29, 1.82) is 0 Å². The van der Waals surface area contributed by atoms with Crippen LogP contribution in [0.5, 0.6) is 0 Å². The lowest BCUT2D eigenvalue weighted by molar-refractivity contribution is -0.137. The number of nitrogens with zero attached hydrogens (tertiary/aromatic N) is 2. The van der Waals surface area contributed by atoms with Crippen LogP contribution in [-0.2, 0) is 12.6 Å². The second-order valence-corrected chi connectivity index (χ2v) is 6.78. The summed E-state index contributed by atoms with van der Waals surface area (Å²) in [6.07, 6.45) is -2.63. The maximum Gasteiger partial charge on any atom is 0.442 e. The molecular formula is C15H11F3N2O4S. The normalized spacial score (nSPS) is 13.3. The first-order valence-electron chi connectivity index (χ1n) is 7.09. The van der Waals surface area contributed by atoms with Gasteiger partial charge < -0.3 is 8.94 Å². The highest BCUT2D eigenvalue weighted by molar-refractivity contribution is 7.99. The van der Waals surface area contributed by atoms with Gasteiger partial charge in [-0.3, -0.25) is 0 Å². The van der Waals surface area contributed by atoms with E-state index in [1.165, 1.54) is 24.0 Å². The fourth-order valence-corrected chi connectivity index (χ4v) is 3.26. The summed E-state index contributed by atoms with van der Waals surface area (Å²) in [4.78, 5) is 26.7. The third-order valence-electron chi connectivity index (χ3n) is 3.22. The summed E-state index contributed by atoms with van der Waals surface area (Å²) in [5.41, 5.74) is -2.54. The number of halogens is 3. The lowest BCUT2D eigenvalue weighted by Crippen LogP contribution is -2.22. The second kappa shape index (κ2) is 6.43. The minimum Gasteiger partial charge on any atom is -0.381 e. The summed E-state index contributed by atoms with van der Waals surface area (Å²) in [6.45, 7) is 1.82. The van der Waals surface area contributed by atoms with Gasteiger partial charge >= 0.3 is 23.3 Å². The van der Waals surface area contributed by atoms with Gasteiger partial charge in [0.15, 0.2) is 0 Å². The van der Waals surface area contributed by atoms with Gasteiger partial charge in [-0.1, -0.05) is 13.0 Å². The quantitative estimate of drug-likeness (QED) is 0.518. The molecule has 25 heavy (non-hydrogen) atoms. The molecule has 10 heteroatoms. The summed E-state index contributed by atoms with van der Waals surface area (Å²) in [5.74, 6) is -0.157. The molecule has 3 rings (SSSR count). The molecule has 0 radical (unpaired) electrons. The van der Waals surface area contributed by atoms with E-state index in [1.54, 1.807) is 6.07 Å². The van der Waals surface area contributed by atoms with Crippen molar-refractivity contribution in [2.75, 3.05) is 0 Å². The molecule has 132 valence electrons. The zero-order valence-electron chi connectivity index (χ0n) is 12.7. The molecule has 0 bridgehead atoms. The van der Waals surface area contributed by atoms with E-state index in [2.05, 4.69) is 13.9 Å². The average molecular weight is 372 g/mol. The van der Waals surface area contributed by atoms with E-state index < -0.39 is 23.0 Å². The Kier molecular flexibility index (Phi) is 4.46. The average Bonchev–Trinajstić information content (AvgIpc) is 2.88. The summed E-state index contributed by atoms with van der Waals surface area (Å²) in [6, 6.07) is 5.05. The molecule has 2 aromatic heterocycles. The fraction of sp³-hybridized carbons (Fsp3) is 0.267. The first-order valence-corrected chi connectivity index (χ1v) is 7.97. The number of hydrogen-bond donors (Lipinski definition) is 0. The highest BCUT2D eigenvalue weighted by Crippen LogP contribution is 2.33. The molecule has 0 aliphatic rings. The van der Waals surface area contributed by atoms with Crippen molar-refractivity contribution in [1.82, 2.24) is 9.56 Å². The zero-order valence-corrected chi connectivity index (χ0v) is 13.6. The molecule has 3 aromatic rings. The third kappa shape index (κ3) is 3.95. The van der Waals surface area contributed by atoms with Crippen molar-refractivity contribution in [3.8, 4) is 0 Å². The van der Waals surface area contributed by atoms with E-state index >= 15 is 0 Å². The second-order valence-electron chi connectivity index (χ2n) is 5.27. The molecular weight excluding hydrogens is 361 g/mol. The highest BCUT2D eigenvalue weighted by atomic mass is 32.2. The maximum atomic E-state index is 12.7. The monoisotopic (exact) mass is 372 g/mol. The zero-order chi connectivity index (χ0) is 18.2. The van der Waals surface area contributed by atoms with Gasteiger partial charge in [-0.15, -0.1) is 16.3 Å². The predicted molar refractivity (Wildman–Crippen MR) is 82.7 cm³/mol. The number of rotatable bonds is 4. The van der Waals surface area contributed by atoms with Gasteiger partial charge in [0.1, 0.15) is 0 Å². The Balaban J connectivity index is 1.76.